The minimum Gasteiger partial charge on any atom is -0.398 e. The molecule has 0 aromatic heterocycles. The summed E-state index contributed by atoms with van der Waals surface area (Å²) in [6, 6.07) is 8.32. The lowest BCUT2D eigenvalue weighted by Crippen LogP contribution is -2.35. The molecule has 4 atom stereocenters. The van der Waals surface area contributed by atoms with Crippen LogP contribution in [0.1, 0.15) is 22.3 Å². The summed E-state index contributed by atoms with van der Waals surface area (Å²) in [6.07, 6.45) is 1.47. The number of anilines is 4. The van der Waals surface area contributed by atoms with E-state index in [0.29, 0.717) is 24.4 Å². The van der Waals surface area contributed by atoms with Crippen LogP contribution in [0.4, 0.5) is 22.7 Å². The van der Waals surface area contributed by atoms with Crippen molar-refractivity contribution in [3.05, 3.63) is 46.5 Å². The lowest BCUT2D eigenvalue weighted by Gasteiger charge is -2.32. The number of nitrogens with zero attached hydrogens (tertiary/aromatic N) is 2. The van der Waals surface area contributed by atoms with Gasteiger partial charge in [0.25, 0.3) is 0 Å². The smallest absolute Gasteiger partial charge is 0.0984 e. The number of aryl methyl sites for hydroxylation is 2. The molecule has 0 spiro atoms. The molecule has 8 heteroatoms. The molecule has 4 aliphatic rings. The lowest BCUT2D eigenvalue weighted by atomic mass is 10.0. The van der Waals surface area contributed by atoms with Crippen molar-refractivity contribution in [1.29, 1.82) is 0 Å². The third kappa shape index (κ3) is 6.42. The van der Waals surface area contributed by atoms with Crippen LogP contribution in [0.3, 0.4) is 0 Å². The van der Waals surface area contributed by atoms with E-state index in [4.69, 9.17) is 30.4 Å². The second-order valence-electron chi connectivity index (χ2n) is 10.5. The van der Waals surface area contributed by atoms with E-state index in [9.17, 15) is 0 Å². The van der Waals surface area contributed by atoms with Gasteiger partial charge in [0.1, 0.15) is 0 Å². The fraction of sp³-hybridized carbons (Fsp3) is 0.571. The van der Waals surface area contributed by atoms with Crippen LogP contribution in [0.5, 0.6) is 0 Å². The van der Waals surface area contributed by atoms with Crippen LogP contribution in [0, 0.1) is 27.7 Å². The van der Waals surface area contributed by atoms with Gasteiger partial charge in [-0.15, -0.1) is 0 Å². The molecule has 4 saturated heterocycles. The van der Waals surface area contributed by atoms with Crippen LogP contribution in [0.15, 0.2) is 24.3 Å². The summed E-state index contributed by atoms with van der Waals surface area (Å²) in [5, 5.41) is 0. The fourth-order valence-corrected chi connectivity index (χ4v) is 4.74. The topological polar surface area (TPSA) is 109 Å². The van der Waals surface area contributed by atoms with Crippen LogP contribution >= 0.6 is 0 Å². The number of rotatable bonds is 10. The molecule has 196 valence electrons. The summed E-state index contributed by atoms with van der Waals surface area (Å²) in [5.41, 5.74) is 20.3. The van der Waals surface area contributed by atoms with Crippen LogP contribution in [0.2, 0.25) is 0 Å². The molecule has 0 amide bonds. The monoisotopic (exact) mass is 496 g/mol. The molecule has 4 N–H and O–H groups in total. The first kappa shape index (κ1) is 25.1. The maximum Gasteiger partial charge on any atom is 0.0984 e. The Labute approximate surface area is 214 Å². The van der Waals surface area contributed by atoms with Gasteiger partial charge in [0.05, 0.1) is 50.8 Å². The molecule has 4 fully saturated rings. The first-order valence-electron chi connectivity index (χ1n) is 13.0. The minimum absolute atomic E-state index is 0.368. The van der Waals surface area contributed by atoms with Crippen LogP contribution < -0.4 is 21.3 Å². The first-order chi connectivity index (χ1) is 17.3. The van der Waals surface area contributed by atoms with Gasteiger partial charge in [-0.1, -0.05) is 12.1 Å². The Hall–Kier alpha value is -2.52. The summed E-state index contributed by atoms with van der Waals surface area (Å²) in [4.78, 5) is 4.93. The van der Waals surface area contributed by atoms with Gasteiger partial charge in [-0.3, -0.25) is 0 Å². The molecular formula is C28H40N4O4. The zero-order chi connectivity index (χ0) is 25.4. The second-order valence-corrected chi connectivity index (χ2v) is 10.5. The molecule has 0 aliphatic carbocycles. The van der Waals surface area contributed by atoms with Crippen molar-refractivity contribution in [3.8, 4) is 0 Å². The Balaban J connectivity index is 0.000000226. The van der Waals surface area contributed by atoms with E-state index in [1.165, 1.54) is 22.5 Å². The predicted octanol–water partition coefficient (Wildman–Crippen LogP) is 2.98. The highest BCUT2D eigenvalue weighted by atomic mass is 16.6. The zero-order valence-electron chi connectivity index (χ0n) is 22.0. The summed E-state index contributed by atoms with van der Waals surface area (Å²) < 4.78 is 22.0. The third-order valence-electron chi connectivity index (χ3n) is 7.34. The molecular weight excluding hydrogens is 456 g/mol. The molecule has 4 unspecified atom stereocenters. The Morgan fingerprint density at radius 1 is 0.639 bits per heavy atom. The van der Waals surface area contributed by atoms with Gasteiger partial charge in [-0.05, 0) is 62.1 Å². The molecule has 2 aromatic rings. The van der Waals surface area contributed by atoms with Gasteiger partial charge in [0, 0.05) is 48.9 Å². The second kappa shape index (κ2) is 10.5. The third-order valence-corrected chi connectivity index (χ3v) is 7.34. The van der Waals surface area contributed by atoms with Gasteiger partial charge < -0.3 is 40.2 Å². The summed E-state index contributed by atoms with van der Waals surface area (Å²) in [7, 11) is 0. The highest BCUT2D eigenvalue weighted by Gasteiger charge is 2.34. The molecule has 36 heavy (non-hydrogen) atoms. The molecule has 8 nitrogen and oxygen atoms in total. The van der Waals surface area contributed by atoms with Crippen molar-refractivity contribution in [2.75, 3.05) is 73.9 Å². The molecule has 4 aliphatic heterocycles. The van der Waals surface area contributed by atoms with Gasteiger partial charge in [0.2, 0.25) is 0 Å². The van der Waals surface area contributed by atoms with Crippen LogP contribution in [-0.2, 0) is 18.9 Å². The van der Waals surface area contributed by atoms with E-state index in [1.54, 1.807) is 0 Å². The summed E-state index contributed by atoms with van der Waals surface area (Å²) in [6.45, 7) is 15.7. The fourth-order valence-electron chi connectivity index (χ4n) is 4.74. The summed E-state index contributed by atoms with van der Waals surface area (Å²) in [5.74, 6) is 0. The number of hydrogen-bond acceptors (Lipinski definition) is 8. The molecule has 0 saturated carbocycles. The average Bonchev–Trinajstić information content (AvgIpc) is 3.68. The van der Waals surface area contributed by atoms with E-state index in [1.807, 2.05) is 26.0 Å². The Morgan fingerprint density at radius 3 is 1.53 bits per heavy atom. The Bertz CT molecular complexity index is 1020. The van der Waals surface area contributed by atoms with Crippen molar-refractivity contribution in [1.82, 2.24) is 0 Å². The van der Waals surface area contributed by atoms with E-state index < -0.39 is 0 Å². The molecule has 6 rings (SSSR count). The maximum absolute atomic E-state index is 5.70. The van der Waals surface area contributed by atoms with Gasteiger partial charge in [0.15, 0.2) is 0 Å². The van der Waals surface area contributed by atoms with Crippen LogP contribution in [0.25, 0.3) is 0 Å². The van der Waals surface area contributed by atoms with Crippen molar-refractivity contribution < 1.29 is 18.9 Å². The van der Waals surface area contributed by atoms with Gasteiger partial charge >= 0.3 is 0 Å². The van der Waals surface area contributed by atoms with Crippen molar-refractivity contribution in [2.45, 2.75) is 52.1 Å². The lowest BCUT2D eigenvalue weighted by molar-refractivity contribution is 0.388. The Kier molecular flexibility index (Phi) is 7.30. The molecule has 0 radical (unpaired) electrons. The van der Waals surface area contributed by atoms with Crippen molar-refractivity contribution >= 4 is 22.7 Å². The standard InChI is InChI=1S/C20H28N2O4.C8H12N2/c1-13-3-4-19(21(5-15-9-23-15)6-16-10-24-16)14(2)20(13)22(7-17-11-25-17)8-18-12-26-18;1-5-3-4-7(9)6(2)8(5)10/h3-4,15-18H,5-12H2,1-2H3;3-4H,9-10H2,1-2H3. The van der Waals surface area contributed by atoms with Gasteiger partial charge in [-0.25, -0.2) is 0 Å². The predicted molar refractivity (Wildman–Crippen MR) is 144 cm³/mol. The SMILES string of the molecule is Cc1ccc(N(CC2CO2)CC2CO2)c(C)c1N(CC1CO1)CC1CO1.Cc1ccc(N)c(C)c1N. The Morgan fingerprint density at radius 2 is 1.08 bits per heavy atom. The number of ether oxygens (including phenoxy) is 4. The number of epoxide rings is 4. The number of hydrogen-bond donors (Lipinski definition) is 2. The number of nitrogens with two attached hydrogens (primary N) is 2. The van der Waals surface area contributed by atoms with E-state index in [0.717, 1.165) is 75.1 Å². The number of benzene rings is 2. The normalized spacial score (nSPS) is 25.0. The van der Waals surface area contributed by atoms with Crippen molar-refractivity contribution in [2.24, 2.45) is 0 Å². The molecule has 0 bridgehead atoms. The zero-order valence-corrected chi connectivity index (χ0v) is 22.0. The largest absolute Gasteiger partial charge is 0.398 e. The minimum atomic E-state index is 0.368. The quantitative estimate of drug-likeness (QED) is 0.382. The first-order valence-corrected chi connectivity index (χ1v) is 13.0. The molecule has 2 aromatic carbocycles. The highest BCUT2D eigenvalue weighted by Crippen LogP contribution is 2.36. The highest BCUT2D eigenvalue weighted by molar-refractivity contribution is 5.71. The summed E-state index contributed by atoms with van der Waals surface area (Å²) >= 11 is 0. The number of nitrogen functional groups attached to an aromatic ring is 2. The molecule has 4 heterocycles. The maximum atomic E-state index is 5.70. The van der Waals surface area contributed by atoms with Crippen LogP contribution in [-0.4, -0.2) is 77.0 Å². The van der Waals surface area contributed by atoms with E-state index >= 15 is 0 Å². The van der Waals surface area contributed by atoms with Gasteiger partial charge in [-0.2, -0.15) is 0 Å². The average molecular weight is 497 g/mol. The van der Waals surface area contributed by atoms with E-state index in [-0.39, 0.29) is 0 Å². The van der Waals surface area contributed by atoms with Crippen molar-refractivity contribution in [3.63, 3.8) is 0 Å². The van der Waals surface area contributed by atoms with E-state index in [2.05, 4.69) is 35.8 Å².